The van der Waals surface area contributed by atoms with Gasteiger partial charge in [-0.2, -0.15) is 0 Å². The highest BCUT2D eigenvalue weighted by Gasteiger charge is 2.26. The predicted octanol–water partition coefficient (Wildman–Crippen LogP) is 1.29. The molecule has 0 aromatic heterocycles. The molecule has 1 aliphatic carbocycles. The van der Waals surface area contributed by atoms with E-state index in [4.69, 9.17) is 0 Å². The zero-order chi connectivity index (χ0) is 8.43. The molecule has 0 radical (unpaired) electrons. The summed E-state index contributed by atoms with van der Waals surface area (Å²) in [6, 6.07) is 0. The van der Waals surface area contributed by atoms with Crippen molar-refractivity contribution in [3.05, 3.63) is 11.6 Å². The number of allylic oxidation sites excluding steroid dienone is 1. The summed E-state index contributed by atoms with van der Waals surface area (Å²) in [5.41, 5.74) is 0.625. The summed E-state index contributed by atoms with van der Waals surface area (Å²) in [6.45, 7) is 4.01. The van der Waals surface area contributed by atoms with Gasteiger partial charge in [-0.25, -0.2) is 0 Å². The molecular formula is C9H14O2. The van der Waals surface area contributed by atoms with Crippen LogP contribution >= 0.6 is 0 Å². The van der Waals surface area contributed by atoms with Crippen LogP contribution in [0.15, 0.2) is 11.6 Å². The monoisotopic (exact) mass is 154 g/mol. The quantitative estimate of drug-likeness (QED) is 0.578. The third kappa shape index (κ3) is 1.90. The Morgan fingerprint density at radius 3 is 2.64 bits per heavy atom. The Hall–Kier alpha value is -0.630. The van der Waals surface area contributed by atoms with E-state index in [-0.39, 0.29) is 5.78 Å². The number of hydrogen-bond donors (Lipinski definition) is 1. The lowest BCUT2D eigenvalue weighted by atomic mass is 10.1. The Labute approximate surface area is 66.9 Å². The zero-order valence-electron chi connectivity index (χ0n) is 7.00. The normalized spacial score (nSPS) is 28.9. The van der Waals surface area contributed by atoms with Gasteiger partial charge in [0.25, 0.3) is 0 Å². The van der Waals surface area contributed by atoms with Crippen molar-refractivity contribution in [3.63, 3.8) is 0 Å². The van der Waals surface area contributed by atoms with E-state index in [0.29, 0.717) is 24.3 Å². The van der Waals surface area contributed by atoms with Gasteiger partial charge in [-0.1, -0.05) is 19.9 Å². The highest BCUT2D eigenvalue weighted by Crippen LogP contribution is 2.22. The highest BCUT2D eigenvalue weighted by molar-refractivity contribution is 5.98. The van der Waals surface area contributed by atoms with E-state index < -0.39 is 6.10 Å². The van der Waals surface area contributed by atoms with Gasteiger partial charge in [0, 0.05) is 12.0 Å². The Kier molecular flexibility index (Phi) is 2.45. The van der Waals surface area contributed by atoms with Gasteiger partial charge in [0.2, 0.25) is 0 Å². The molecule has 1 unspecified atom stereocenters. The number of carbonyl (C=O) groups is 1. The highest BCUT2D eigenvalue weighted by atomic mass is 16.3. The Balaban J connectivity index is 2.76. The first-order valence-electron chi connectivity index (χ1n) is 4.04. The second-order valence-corrected chi connectivity index (χ2v) is 3.34. The molecule has 0 spiro atoms. The molecule has 0 aliphatic heterocycles. The van der Waals surface area contributed by atoms with Crippen molar-refractivity contribution >= 4 is 5.78 Å². The van der Waals surface area contributed by atoms with Gasteiger partial charge in [0.05, 0.1) is 6.10 Å². The lowest BCUT2D eigenvalue weighted by Crippen LogP contribution is -2.07. The van der Waals surface area contributed by atoms with E-state index in [1.165, 1.54) is 0 Å². The molecule has 11 heavy (non-hydrogen) atoms. The fourth-order valence-electron chi connectivity index (χ4n) is 1.32. The molecule has 0 aromatic carbocycles. The predicted molar refractivity (Wildman–Crippen MR) is 43.2 cm³/mol. The standard InChI is InChI=1S/C9H14O2/c1-6(2)5-7-8(10)3-4-9(7)11/h5-6,8,10H,3-4H2,1-2H3. The third-order valence-corrected chi connectivity index (χ3v) is 1.84. The number of Topliss-reactive ketones (excluding diaryl/α,β-unsaturated/α-hetero) is 1. The lowest BCUT2D eigenvalue weighted by molar-refractivity contribution is -0.114. The van der Waals surface area contributed by atoms with E-state index >= 15 is 0 Å². The maximum atomic E-state index is 11.1. The minimum Gasteiger partial charge on any atom is -0.388 e. The molecule has 2 nitrogen and oxygen atoms in total. The summed E-state index contributed by atoms with van der Waals surface area (Å²) in [7, 11) is 0. The largest absolute Gasteiger partial charge is 0.388 e. The van der Waals surface area contributed by atoms with Crippen molar-refractivity contribution < 1.29 is 9.90 Å². The molecule has 0 heterocycles. The van der Waals surface area contributed by atoms with E-state index in [2.05, 4.69) is 0 Å². The second-order valence-electron chi connectivity index (χ2n) is 3.34. The molecular weight excluding hydrogens is 140 g/mol. The summed E-state index contributed by atoms with van der Waals surface area (Å²) < 4.78 is 0. The summed E-state index contributed by atoms with van der Waals surface area (Å²) >= 11 is 0. The molecule has 1 N–H and O–H groups in total. The summed E-state index contributed by atoms with van der Waals surface area (Å²) in [4.78, 5) is 11.1. The van der Waals surface area contributed by atoms with Crippen molar-refractivity contribution in [2.45, 2.75) is 32.8 Å². The van der Waals surface area contributed by atoms with Crippen molar-refractivity contribution in [1.82, 2.24) is 0 Å². The van der Waals surface area contributed by atoms with Gasteiger partial charge in [0.15, 0.2) is 5.78 Å². The minimum atomic E-state index is -0.495. The van der Waals surface area contributed by atoms with E-state index in [1.807, 2.05) is 19.9 Å². The van der Waals surface area contributed by atoms with Crippen LogP contribution in [0.1, 0.15) is 26.7 Å². The van der Waals surface area contributed by atoms with E-state index in [9.17, 15) is 9.90 Å². The Morgan fingerprint density at radius 2 is 2.27 bits per heavy atom. The minimum absolute atomic E-state index is 0.117. The van der Waals surface area contributed by atoms with Crippen molar-refractivity contribution in [1.29, 1.82) is 0 Å². The fraction of sp³-hybridized carbons (Fsp3) is 0.667. The van der Waals surface area contributed by atoms with Gasteiger partial charge in [-0.3, -0.25) is 4.79 Å². The summed E-state index contributed by atoms with van der Waals surface area (Å²) in [6.07, 6.45) is 2.49. The number of hydrogen-bond acceptors (Lipinski definition) is 2. The van der Waals surface area contributed by atoms with E-state index in [1.54, 1.807) is 0 Å². The average molecular weight is 154 g/mol. The van der Waals surface area contributed by atoms with Crippen LogP contribution in [-0.4, -0.2) is 17.0 Å². The topological polar surface area (TPSA) is 37.3 Å². The number of aliphatic hydroxyl groups is 1. The number of aliphatic hydroxyl groups excluding tert-OH is 1. The average Bonchev–Trinajstić information content (AvgIpc) is 2.18. The van der Waals surface area contributed by atoms with Crippen LogP contribution in [0.5, 0.6) is 0 Å². The van der Waals surface area contributed by atoms with Crippen molar-refractivity contribution in [2.75, 3.05) is 0 Å². The second kappa shape index (κ2) is 3.18. The number of rotatable bonds is 1. The molecule has 2 heteroatoms. The first-order valence-corrected chi connectivity index (χ1v) is 4.04. The molecule has 1 saturated carbocycles. The maximum absolute atomic E-state index is 11.1. The van der Waals surface area contributed by atoms with Gasteiger partial charge < -0.3 is 5.11 Å². The molecule has 0 aromatic rings. The molecule has 1 rings (SSSR count). The Bertz CT molecular complexity index is 192. The summed E-state index contributed by atoms with van der Waals surface area (Å²) in [5.74, 6) is 0.466. The SMILES string of the molecule is CC(C)C=C1C(=O)CCC1O. The first kappa shape index (κ1) is 8.47. The van der Waals surface area contributed by atoms with Gasteiger partial charge in [-0.15, -0.1) is 0 Å². The van der Waals surface area contributed by atoms with Crippen LogP contribution in [0.2, 0.25) is 0 Å². The first-order chi connectivity index (χ1) is 5.11. The zero-order valence-corrected chi connectivity index (χ0v) is 7.00. The van der Waals surface area contributed by atoms with Crippen LogP contribution < -0.4 is 0 Å². The van der Waals surface area contributed by atoms with Gasteiger partial charge in [-0.05, 0) is 12.3 Å². The molecule has 1 atom stereocenters. The maximum Gasteiger partial charge on any atom is 0.161 e. The third-order valence-electron chi connectivity index (χ3n) is 1.84. The van der Waals surface area contributed by atoms with Gasteiger partial charge in [0.1, 0.15) is 0 Å². The van der Waals surface area contributed by atoms with Crippen LogP contribution in [0.4, 0.5) is 0 Å². The van der Waals surface area contributed by atoms with Crippen LogP contribution in [0, 0.1) is 5.92 Å². The molecule has 0 bridgehead atoms. The van der Waals surface area contributed by atoms with Crippen LogP contribution in [-0.2, 0) is 4.79 Å². The van der Waals surface area contributed by atoms with Crippen LogP contribution in [0.25, 0.3) is 0 Å². The molecule has 1 fully saturated rings. The Morgan fingerprint density at radius 1 is 1.64 bits per heavy atom. The molecule has 1 aliphatic rings. The van der Waals surface area contributed by atoms with Gasteiger partial charge >= 0.3 is 0 Å². The van der Waals surface area contributed by atoms with Crippen LogP contribution in [0.3, 0.4) is 0 Å². The molecule has 62 valence electrons. The smallest absolute Gasteiger partial charge is 0.161 e. The van der Waals surface area contributed by atoms with Crippen molar-refractivity contribution in [3.8, 4) is 0 Å². The summed E-state index contributed by atoms with van der Waals surface area (Å²) in [5, 5.41) is 9.32. The number of ketones is 1. The lowest BCUT2D eigenvalue weighted by Gasteiger charge is -2.03. The molecule has 0 amide bonds. The number of carbonyl (C=O) groups excluding carboxylic acids is 1. The van der Waals surface area contributed by atoms with Crippen molar-refractivity contribution in [2.24, 2.45) is 5.92 Å². The fourth-order valence-corrected chi connectivity index (χ4v) is 1.32. The van der Waals surface area contributed by atoms with E-state index in [0.717, 1.165) is 0 Å². The molecule has 0 saturated heterocycles.